The predicted molar refractivity (Wildman–Crippen MR) is 84.1 cm³/mol. The van der Waals surface area contributed by atoms with E-state index in [9.17, 15) is 8.42 Å². The predicted octanol–water partition coefficient (Wildman–Crippen LogP) is 2.90. The quantitative estimate of drug-likeness (QED) is 0.790. The summed E-state index contributed by atoms with van der Waals surface area (Å²) in [6.45, 7) is 0.456. The minimum atomic E-state index is -3.70. The molecule has 0 aliphatic heterocycles. The van der Waals surface area contributed by atoms with Crippen molar-refractivity contribution in [2.75, 3.05) is 11.8 Å². The number of sulfonamides is 1. The number of furan rings is 1. The van der Waals surface area contributed by atoms with E-state index in [-0.39, 0.29) is 9.56 Å². The third-order valence-corrected chi connectivity index (χ3v) is 6.19. The zero-order chi connectivity index (χ0) is 15.0. The average Bonchev–Trinajstić information content (AvgIpc) is 3.05. The number of anilines is 1. The summed E-state index contributed by atoms with van der Waals surface area (Å²) >= 11 is 4.45. The van der Waals surface area contributed by atoms with Crippen molar-refractivity contribution in [3.63, 3.8) is 0 Å². The molecule has 2 heterocycles. The lowest BCUT2D eigenvalue weighted by atomic mass is 10.3. The van der Waals surface area contributed by atoms with Crippen LogP contribution in [0.2, 0.25) is 0 Å². The summed E-state index contributed by atoms with van der Waals surface area (Å²) < 4.78 is 32.8. The van der Waals surface area contributed by atoms with E-state index in [1.807, 2.05) is 5.38 Å². The molecule has 1 fully saturated rings. The second kappa shape index (κ2) is 5.71. The van der Waals surface area contributed by atoms with E-state index in [1.54, 1.807) is 7.05 Å². The SMILES string of the molecule is CNCc1cc(S(=O)(=O)Nc2nc(C3CC3)cs2)c(Br)o1. The summed E-state index contributed by atoms with van der Waals surface area (Å²) in [5.74, 6) is 1.05. The third-order valence-electron chi connectivity index (χ3n) is 3.09. The van der Waals surface area contributed by atoms with Gasteiger partial charge in [-0.25, -0.2) is 13.4 Å². The summed E-state index contributed by atoms with van der Waals surface area (Å²) in [4.78, 5) is 4.41. The number of halogens is 1. The molecule has 2 aromatic heterocycles. The molecule has 1 aliphatic carbocycles. The highest BCUT2D eigenvalue weighted by Gasteiger charge is 2.28. The Bertz CT molecular complexity index is 750. The molecule has 6 nitrogen and oxygen atoms in total. The van der Waals surface area contributed by atoms with Gasteiger partial charge in [-0.05, 0) is 35.8 Å². The van der Waals surface area contributed by atoms with Crippen LogP contribution in [-0.2, 0) is 16.6 Å². The van der Waals surface area contributed by atoms with Crippen molar-refractivity contribution in [1.82, 2.24) is 10.3 Å². The number of thiazole rings is 1. The number of rotatable bonds is 6. The van der Waals surface area contributed by atoms with E-state index in [1.165, 1.54) is 17.4 Å². The molecular formula is C12H14BrN3O3S2. The molecule has 21 heavy (non-hydrogen) atoms. The lowest BCUT2D eigenvalue weighted by Crippen LogP contribution is -2.12. The standard InChI is InChI=1S/C12H14BrN3O3S2/c1-14-5-8-4-10(11(13)19-8)21(17,18)16-12-15-9(6-20-12)7-2-3-7/h4,6-7,14H,2-3,5H2,1H3,(H,15,16). The molecular weight excluding hydrogens is 378 g/mol. The van der Waals surface area contributed by atoms with Gasteiger partial charge in [-0.1, -0.05) is 0 Å². The number of aromatic nitrogens is 1. The lowest BCUT2D eigenvalue weighted by molar-refractivity contribution is 0.470. The van der Waals surface area contributed by atoms with Gasteiger partial charge in [-0.2, -0.15) is 0 Å². The minimum Gasteiger partial charge on any atom is -0.451 e. The van der Waals surface area contributed by atoms with Crippen LogP contribution in [0.5, 0.6) is 0 Å². The van der Waals surface area contributed by atoms with E-state index in [0.717, 1.165) is 18.5 Å². The highest BCUT2D eigenvalue weighted by atomic mass is 79.9. The molecule has 0 radical (unpaired) electrons. The van der Waals surface area contributed by atoms with Gasteiger partial charge in [0.15, 0.2) is 9.80 Å². The maximum atomic E-state index is 12.4. The molecule has 0 bridgehead atoms. The maximum Gasteiger partial charge on any atom is 0.268 e. The van der Waals surface area contributed by atoms with Crippen molar-refractivity contribution in [3.8, 4) is 0 Å². The third kappa shape index (κ3) is 3.31. The molecule has 0 saturated heterocycles. The highest BCUT2D eigenvalue weighted by molar-refractivity contribution is 9.10. The first kappa shape index (κ1) is 15.0. The summed E-state index contributed by atoms with van der Waals surface area (Å²) in [6.07, 6.45) is 2.27. The zero-order valence-corrected chi connectivity index (χ0v) is 14.4. The maximum absolute atomic E-state index is 12.4. The van der Waals surface area contributed by atoms with E-state index >= 15 is 0 Å². The van der Waals surface area contributed by atoms with Crippen LogP contribution >= 0.6 is 27.3 Å². The molecule has 114 valence electrons. The Morgan fingerprint density at radius 1 is 1.52 bits per heavy atom. The van der Waals surface area contributed by atoms with Gasteiger partial charge in [-0.15, -0.1) is 11.3 Å². The van der Waals surface area contributed by atoms with Gasteiger partial charge in [0.2, 0.25) is 0 Å². The van der Waals surface area contributed by atoms with Crippen molar-refractivity contribution in [1.29, 1.82) is 0 Å². The Labute approximate surface area is 135 Å². The molecule has 0 spiro atoms. The molecule has 3 rings (SSSR count). The Morgan fingerprint density at radius 2 is 2.29 bits per heavy atom. The van der Waals surface area contributed by atoms with Crippen molar-refractivity contribution in [2.24, 2.45) is 0 Å². The molecule has 9 heteroatoms. The minimum absolute atomic E-state index is 0.0796. The van der Waals surface area contributed by atoms with Crippen molar-refractivity contribution in [2.45, 2.75) is 30.2 Å². The van der Waals surface area contributed by atoms with E-state index in [0.29, 0.717) is 23.4 Å². The van der Waals surface area contributed by atoms with Crippen LogP contribution in [0.15, 0.2) is 25.4 Å². The largest absolute Gasteiger partial charge is 0.451 e. The van der Waals surface area contributed by atoms with Gasteiger partial charge in [0, 0.05) is 17.4 Å². The molecule has 1 aliphatic rings. The van der Waals surface area contributed by atoms with Gasteiger partial charge in [-0.3, -0.25) is 4.72 Å². The van der Waals surface area contributed by atoms with Crippen LogP contribution in [0, 0.1) is 0 Å². The first-order valence-electron chi connectivity index (χ1n) is 6.40. The summed E-state index contributed by atoms with van der Waals surface area (Å²) in [5, 5.41) is 5.21. The smallest absolute Gasteiger partial charge is 0.268 e. The van der Waals surface area contributed by atoms with E-state index in [4.69, 9.17) is 4.42 Å². The van der Waals surface area contributed by atoms with E-state index < -0.39 is 10.0 Å². The average molecular weight is 392 g/mol. The fourth-order valence-corrected chi connectivity index (χ4v) is 4.96. The molecule has 0 atom stereocenters. The molecule has 0 amide bonds. The topological polar surface area (TPSA) is 84.2 Å². The van der Waals surface area contributed by atoms with Crippen LogP contribution in [-0.4, -0.2) is 20.4 Å². The van der Waals surface area contributed by atoms with Crippen LogP contribution in [0.4, 0.5) is 5.13 Å². The van der Waals surface area contributed by atoms with Gasteiger partial charge >= 0.3 is 0 Å². The number of hydrogen-bond acceptors (Lipinski definition) is 6. The molecule has 0 aromatic carbocycles. The fraction of sp³-hybridized carbons (Fsp3) is 0.417. The van der Waals surface area contributed by atoms with Gasteiger partial charge < -0.3 is 9.73 Å². The Kier molecular flexibility index (Phi) is 4.08. The molecule has 1 saturated carbocycles. The first-order valence-corrected chi connectivity index (χ1v) is 9.56. The molecule has 2 aromatic rings. The molecule has 2 N–H and O–H groups in total. The zero-order valence-electron chi connectivity index (χ0n) is 11.2. The van der Waals surface area contributed by atoms with Crippen LogP contribution < -0.4 is 10.0 Å². The Balaban J connectivity index is 1.81. The number of nitrogens with zero attached hydrogens (tertiary/aromatic N) is 1. The van der Waals surface area contributed by atoms with Gasteiger partial charge in [0.1, 0.15) is 10.7 Å². The monoisotopic (exact) mass is 391 g/mol. The second-order valence-electron chi connectivity index (χ2n) is 4.84. The Morgan fingerprint density at radius 3 is 2.95 bits per heavy atom. The summed E-state index contributed by atoms with van der Waals surface area (Å²) in [7, 11) is -1.94. The van der Waals surface area contributed by atoms with Crippen LogP contribution in [0.3, 0.4) is 0 Å². The normalized spacial score (nSPS) is 15.3. The Hall–Kier alpha value is -0.900. The highest BCUT2D eigenvalue weighted by Crippen LogP contribution is 2.41. The first-order chi connectivity index (χ1) is 9.99. The second-order valence-corrected chi connectivity index (χ2v) is 8.07. The lowest BCUT2D eigenvalue weighted by Gasteiger charge is -2.02. The van der Waals surface area contributed by atoms with Gasteiger partial charge in [0.25, 0.3) is 10.0 Å². The van der Waals surface area contributed by atoms with Crippen molar-refractivity contribution >= 4 is 42.4 Å². The van der Waals surface area contributed by atoms with Crippen molar-refractivity contribution < 1.29 is 12.8 Å². The fourth-order valence-electron chi connectivity index (χ4n) is 1.91. The molecule has 0 unspecified atom stereocenters. The van der Waals surface area contributed by atoms with Crippen LogP contribution in [0.25, 0.3) is 0 Å². The van der Waals surface area contributed by atoms with Gasteiger partial charge in [0.05, 0.1) is 12.2 Å². The van der Waals surface area contributed by atoms with Crippen molar-refractivity contribution in [3.05, 3.63) is 27.6 Å². The van der Waals surface area contributed by atoms with Crippen LogP contribution in [0.1, 0.15) is 30.2 Å². The number of hydrogen-bond donors (Lipinski definition) is 2. The summed E-state index contributed by atoms with van der Waals surface area (Å²) in [6, 6.07) is 1.50. The van der Waals surface area contributed by atoms with E-state index in [2.05, 4.69) is 31.0 Å². The number of nitrogens with one attached hydrogen (secondary N) is 2. The summed E-state index contributed by atoms with van der Waals surface area (Å²) in [5.41, 5.74) is 0.972.